The highest BCUT2D eigenvalue weighted by Gasteiger charge is 2.18. The van der Waals surface area contributed by atoms with Crippen LogP contribution in [0.1, 0.15) is 19.4 Å². The number of hydrogen-bond donors (Lipinski definition) is 1. The SMILES string of the molecule is C=N/C(C)=C(/c1c[nH]c(Sc2ccc(OC)nc2)c1)N1C=C(C)C=C(Cl)C1. The van der Waals surface area contributed by atoms with Crippen molar-refractivity contribution >= 4 is 35.8 Å². The minimum atomic E-state index is 0.599. The van der Waals surface area contributed by atoms with Gasteiger partial charge < -0.3 is 14.6 Å². The molecule has 2 aromatic heterocycles. The Hall–Kier alpha value is -2.44. The van der Waals surface area contributed by atoms with Crippen LogP contribution in [0.3, 0.4) is 0 Å². The largest absolute Gasteiger partial charge is 0.481 e. The molecule has 0 aromatic carbocycles. The fourth-order valence-electron chi connectivity index (χ4n) is 2.83. The van der Waals surface area contributed by atoms with Crippen LogP contribution in [-0.4, -0.2) is 35.2 Å². The lowest BCUT2D eigenvalue weighted by Gasteiger charge is -2.27. The molecule has 140 valence electrons. The van der Waals surface area contributed by atoms with Crippen LogP contribution in [0.25, 0.3) is 5.70 Å². The molecule has 0 amide bonds. The predicted molar refractivity (Wildman–Crippen MR) is 112 cm³/mol. The monoisotopic (exact) mass is 400 g/mol. The molecule has 0 radical (unpaired) electrons. The highest BCUT2D eigenvalue weighted by Crippen LogP contribution is 2.33. The Morgan fingerprint density at radius 1 is 1.44 bits per heavy atom. The van der Waals surface area contributed by atoms with Crippen molar-refractivity contribution in [1.82, 2.24) is 14.9 Å². The van der Waals surface area contributed by atoms with Gasteiger partial charge in [0.2, 0.25) is 5.88 Å². The number of halogens is 1. The Balaban J connectivity index is 1.87. The second-order valence-electron chi connectivity index (χ2n) is 6.08. The summed E-state index contributed by atoms with van der Waals surface area (Å²) in [6, 6.07) is 5.92. The molecule has 27 heavy (non-hydrogen) atoms. The van der Waals surface area contributed by atoms with Gasteiger partial charge in [0.25, 0.3) is 0 Å². The van der Waals surface area contributed by atoms with E-state index in [0.29, 0.717) is 12.4 Å². The number of H-pyrrole nitrogens is 1. The van der Waals surface area contributed by atoms with Crippen molar-refractivity contribution < 1.29 is 4.74 Å². The van der Waals surface area contributed by atoms with Gasteiger partial charge in [-0.1, -0.05) is 23.4 Å². The number of rotatable bonds is 6. The van der Waals surface area contributed by atoms with Crippen molar-refractivity contribution in [3.63, 3.8) is 0 Å². The molecule has 0 saturated carbocycles. The average molecular weight is 401 g/mol. The summed E-state index contributed by atoms with van der Waals surface area (Å²) in [5.41, 5.74) is 3.94. The standard InChI is InChI=1S/C20H21ClN4OS/c1-13-7-16(21)12-25(11-13)20(14(2)22-3)15-8-19(24-9-15)27-17-5-6-18(26-4)23-10-17/h5-11,24H,3,12H2,1-2,4H3/b20-14-. The first-order valence-corrected chi connectivity index (χ1v) is 9.55. The Bertz CT molecular complexity index is 928. The summed E-state index contributed by atoms with van der Waals surface area (Å²) in [7, 11) is 1.61. The van der Waals surface area contributed by atoms with Crippen molar-refractivity contribution in [1.29, 1.82) is 0 Å². The lowest BCUT2D eigenvalue weighted by molar-refractivity contribution is 0.397. The number of hydrogen-bond acceptors (Lipinski definition) is 5. The third-order valence-corrected chi connectivity index (χ3v) is 5.17. The van der Waals surface area contributed by atoms with Gasteiger partial charge >= 0.3 is 0 Å². The van der Waals surface area contributed by atoms with Gasteiger partial charge in [-0.25, -0.2) is 4.98 Å². The number of methoxy groups -OCH3 is 1. The molecule has 0 unspecified atom stereocenters. The van der Waals surface area contributed by atoms with E-state index in [-0.39, 0.29) is 0 Å². The molecular formula is C20H21ClN4OS. The molecule has 0 atom stereocenters. The van der Waals surface area contributed by atoms with Gasteiger partial charge in [0.05, 0.1) is 30.1 Å². The maximum Gasteiger partial charge on any atom is 0.212 e. The van der Waals surface area contributed by atoms with Crippen molar-refractivity contribution in [3.05, 3.63) is 64.7 Å². The van der Waals surface area contributed by atoms with E-state index in [9.17, 15) is 0 Å². The third-order valence-electron chi connectivity index (χ3n) is 4.01. The van der Waals surface area contributed by atoms with Crippen LogP contribution in [0.15, 0.2) is 74.1 Å². The van der Waals surface area contributed by atoms with Crippen LogP contribution in [0, 0.1) is 0 Å². The van der Waals surface area contributed by atoms with Crippen LogP contribution < -0.4 is 4.74 Å². The van der Waals surface area contributed by atoms with Crippen molar-refractivity contribution in [2.45, 2.75) is 23.8 Å². The number of ether oxygens (including phenoxy) is 1. The fraction of sp³-hybridized carbons (Fsp3) is 0.200. The number of aliphatic imine (C=N–C) groups is 1. The van der Waals surface area contributed by atoms with Crippen LogP contribution in [0.5, 0.6) is 5.88 Å². The summed E-state index contributed by atoms with van der Waals surface area (Å²) in [6.45, 7) is 8.28. The first kappa shape index (κ1) is 19.3. The van der Waals surface area contributed by atoms with E-state index in [1.54, 1.807) is 25.1 Å². The molecule has 0 bridgehead atoms. The summed E-state index contributed by atoms with van der Waals surface area (Å²) in [5, 5.41) is 1.80. The van der Waals surface area contributed by atoms with E-state index in [4.69, 9.17) is 16.3 Å². The van der Waals surface area contributed by atoms with Crippen molar-refractivity contribution in [2.75, 3.05) is 13.7 Å². The van der Waals surface area contributed by atoms with Crippen LogP contribution in [-0.2, 0) is 0 Å². The molecular weight excluding hydrogens is 380 g/mol. The molecule has 1 N–H and O–H groups in total. The van der Waals surface area contributed by atoms with Gasteiger partial charge in [-0.15, -0.1) is 0 Å². The highest BCUT2D eigenvalue weighted by molar-refractivity contribution is 7.99. The Kier molecular flexibility index (Phi) is 6.08. The zero-order valence-electron chi connectivity index (χ0n) is 15.5. The lowest BCUT2D eigenvalue weighted by atomic mass is 10.1. The number of aromatic nitrogens is 2. The number of nitrogens with zero attached hydrogens (tertiary/aromatic N) is 3. The maximum atomic E-state index is 6.30. The minimum absolute atomic E-state index is 0.599. The zero-order valence-corrected chi connectivity index (χ0v) is 17.1. The smallest absolute Gasteiger partial charge is 0.212 e. The Morgan fingerprint density at radius 3 is 2.89 bits per heavy atom. The van der Waals surface area contributed by atoms with Gasteiger partial charge in [0, 0.05) is 40.2 Å². The quantitative estimate of drug-likeness (QED) is 0.668. The molecule has 1 aliphatic heterocycles. The van der Waals surface area contributed by atoms with Gasteiger partial charge in [0.1, 0.15) is 0 Å². The number of aromatic amines is 1. The summed E-state index contributed by atoms with van der Waals surface area (Å²) in [5.74, 6) is 0.599. The van der Waals surface area contributed by atoms with E-state index >= 15 is 0 Å². The Morgan fingerprint density at radius 2 is 2.26 bits per heavy atom. The topological polar surface area (TPSA) is 53.5 Å². The lowest BCUT2D eigenvalue weighted by Crippen LogP contribution is -2.21. The van der Waals surface area contributed by atoms with Crippen LogP contribution >= 0.6 is 23.4 Å². The van der Waals surface area contributed by atoms with Gasteiger partial charge in [0.15, 0.2) is 0 Å². The molecule has 0 aliphatic carbocycles. The molecule has 7 heteroatoms. The van der Waals surface area contributed by atoms with Crippen LogP contribution in [0.2, 0.25) is 0 Å². The van der Waals surface area contributed by atoms with E-state index in [2.05, 4.69) is 38.8 Å². The normalized spacial score (nSPS) is 15.0. The van der Waals surface area contributed by atoms with Gasteiger partial charge in [-0.05, 0) is 44.3 Å². The average Bonchev–Trinajstić information content (AvgIpc) is 3.09. The fourth-order valence-corrected chi connectivity index (χ4v) is 3.93. The molecule has 0 spiro atoms. The van der Waals surface area contributed by atoms with Crippen molar-refractivity contribution in [2.24, 2.45) is 4.99 Å². The Labute approximate surface area is 168 Å². The maximum absolute atomic E-state index is 6.30. The molecule has 5 nitrogen and oxygen atoms in total. The summed E-state index contributed by atoms with van der Waals surface area (Å²) >= 11 is 7.90. The minimum Gasteiger partial charge on any atom is -0.481 e. The third kappa shape index (κ3) is 4.64. The van der Waals surface area contributed by atoms with Crippen LogP contribution in [0.4, 0.5) is 0 Å². The van der Waals surface area contributed by atoms with E-state index in [0.717, 1.165) is 37.5 Å². The molecule has 3 rings (SSSR count). The molecule has 2 aromatic rings. The first-order valence-electron chi connectivity index (χ1n) is 8.35. The summed E-state index contributed by atoms with van der Waals surface area (Å²) < 4.78 is 5.10. The second kappa shape index (κ2) is 8.50. The molecule has 0 fully saturated rings. The molecule has 0 saturated heterocycles. The van der Waals surface area contributed by atoms with Crippen molar-refractivity contribution in [3.8, 4) is 5.88 Å². The van der Waals surface area contributed by atoms with E-state index in [1.165, 1.54) is 0 Å². The number of nitrogens with one attached hydrogen (secondary N) is 1. The highest BCUT2D eigenvalue weighted by atomic mass is 35.5. The number of pyridine rings is 1. The first-order chi connectivity index (χ1) is 13.0. The zero-order chi connectivity index (χ0) is 19.4. The second-order valence-corrected chi connectivity index (χ2v) is 7.68. The summed E-state index contributed by atoms with van der Waals surface area (Å²) in [6.07, 6.45) is 7.81. The molecule has 3 heterocycles. The van der Waals surface area contributed by atoms with Gasteiger partial charge in [-0.3, -0.25) is 4.99 Å². The van der Waals surface area contributed by atoms with Gasteiger partial charge in [-0.2, -0.15) is 0 Å². The predicted octanol–water partition coefficient (Wildman–Crippen LogP) is 5.30. The number of allylic oxidation sites excluding steroid dienone is 3. The van der Waals surface area contributed by atoms with E-state index < -0.39 is 0 Å². The molecule has 1 aliphatic rings. The summed E-state index contributed by atoms with van der Waals surface area (Å²) in [4.78, 5) is 14.8. The van der Waals surface area contributed by atoms with E-state index in [1.807, 2.05) is 38.3 Å².